The molecule has 0 unspecified atom stereocenters. The molecule has 0 saturated carbocycles. The molecule has 0 aliphatic carbocycles. The third-order valence-corrected chi connectivity index (χ3v) is 3.80. The van der Waals surface area contributed by atoms with Crippen molar-refractivity contribution in [3.63, 3.8) is 0 Å². The van der Waals surface area contributed by atoms with E-state index in [2.05, 4.69) is 15.6 Å². The van der Waals surface area contributed by atoms with Crippen molar-refractivity contribution in [2.75, 3.05) is 12.5 Å². The number of hydrogen-bond acceptors (Lipinski definition) is 7. The lowest BCUT2D eigenvalue weighted by molar-refractivity contribution is -0.384. The van der Waals surface area contributed by atoms with E-state index in [4.69, 9.17) is 4.74 Å². The van der Waals surface area contributed by atoms with E-state index < -0.39 is 4.92 Å². The van der Waals surface area contributed by atoms with Gasteiger partial charge in [-0.15, -0.1) is 0 Å². The van der Waals surface area contributed by atoms with Crippen molar-refractivity contribution in [2.45, 2.75) is 6.92 Å². The highest BCUT2D eigenvalue weighted by molar-refractivity contribution is 5.81. The number of hydrazone groups is 1. The van der Waals surface area contributed by atoms with Gasteiger partial charge >= 0.3 is 5.69 Å². The molecule has 9 nitrogen and oxygen atoms in total. The molecule has 0 aliphatic heterocycles. The summed E-state index contributed by atoms with van der Waals surface area (Å²) in [6, 6.07) is 13.8. The van der Waals surface area contributed by atoms with Crippen molar-refractivity contribution in [1.82, 2.24) is 9.78 Å². The molecule has 2 N–H and O–H groups in total. The molecular formula is C18H17N5O4. The third kappa shape index (κ3) is 3.71. The van der Waals surface area contributed by atoms with Crippen LogP contribution < -0.4 is 10.2 Å². The fraction of sp³-hybridized carbons (Fsp3) is 0.111. The van der Waals surface area contributed by atoms with Gasteiger partial charge in [-0.05, 0) is 42.8 Å². The number of aromatic hydroxyl groups is 1. The van der Waals surface area contributed by atoms with E-state index in [1.807, 2.05) is 18.2 Å². The molecule has 0 atom stereocenters. The van der Waals surface area contributed by atoms with E-state index in [-0.39, 0.29) is 22.9 Å². The molecule has 3 aromatic rings. The SMILES string of the molecule is COc1ccc(/C=N\Nc2c([N+](=O)[O-])c(C)nn2-c2ccccc2)cc1O. The first kappa shape index (κ1) is 17.9. The number of nitrogens with zero attached hydrogens (tertiary/aromatic N) is 4. The number of anilines is 1. The van der Waals surface area contributed by atoms with Gasteiger partial charge in [-0.1, -0.05) is 18.2 Å². The van der Waals surface area contributed by atoms with Crippen LogP contribution in [0.5, 0.6) is 11.5 Å². The normalized spacial score (nSPS) is 10.9. The van der Waals surface area contributed by atoms with Crippen molar-refractivity contribution in [1.29, 1.82) is 0 Å². The maximum atomic E-state index is 11.4. The Balaban J connectivity index is 1.94. The predicted octanol–water partition coefficient (Wildman–Crippen LogP) is 3.25. The molecule has 1 heterocycles. The largest absolute Gasteiger partial charge is 0.504 e. The Hall–Kier alpha value is -3.88. The van der Waals surface area contributed by atoms with Gasteiger partial charge in [-0.25, -0.2) is 4.68 Å². The Morgan fingerprint density at radius 1 is 1.30 bits per heavy atom. The highest BCUT2D eigenvalue weighted by atomic mass is 16.6. The van der Waals surface area contributed by atoms with E-state index in [1.165, 1.54) is 24.1 Å². The van der Waals surface area contributed by atoms with Crippen LogP contribution in [0.25, 0.3) is 5.69 Å². The molecule has 0 bridgehead atoms. The van der Waals surface area contributed by atoms with Gasteiger partial charge in [0.2, 0.25) is 5.82 Å². The number of rotatable bonds is 6. The number of aromatic nitrogens is 2. The van der Waals surface area contributed by atoms with Crippen LogP contribution in [0.15, 0.2) is 53.6 Å². The molecule has 138 valence electrons. The maximum absolute atomic E-state index is 11.4. The summed E-state index contributed by atoms with van der Waals surface area (Å²) in [5.74, 6) is 0.448. The minimum atomic E-state index is -0.501. The van der Waals surface area contributed by atoms with Crippen molar-refractivity contribution in [2.24, 2.45) is 5.10 Å². The standard InChI is InChI=1S/C18H17N5O4/c1-12-17(23(25)26)18(22(21-12)14-6-4-3-5-7-14)20-19-11-13-8-9-16(27-2)15(24)10-13/h3-11,20,24H,1-2H3/b19-11-. The first-order valence-electron chi connectivity index (χ1n) is 7.96. The van der Waals surface area contributed by atoms with Crippen LogP contribution in [-0.4, -0.2) is 33.1 Å². The number of nitro groups is 1. The molecule has 9 heteroatoms. The monoisotopic (exact) mass is 367 g/mol. The van der Waals surface area contributed by atoms with Gasteiger partial charge in [0, 0.05) is 0 Å². The lowest BCUT2D eigenvalue weighted by Crippen LogP contribution is -2.03. The molecule has 27 heavy (non-hydrogen) atoms. The van der Waals surface area contributed by atoms with E-state index in [0.717, 1.165) is 0 Å². The lowest BCUT2D eigenvalue weighted by Gasteiger charge is -2.06. The molecule has 3 rings (SSSR count). The van der Waals surface area contributed by atoms with E-state index >= 15 is 0 Å². The number of phenolic OH excluding ortho intramolecular Hbond substituents is 1. The smallest absolute Gasteiger partial charge is 0.335 e. The molecule has 0 fully saturated rings. The Kier molecular flexibility index (Phi) is 5.02. The summed E-state index contributed by atoms with van der Waals surface area (Å²) in [7, 11) is 1.45. The van der Waals surface area contributed by atoms with Crippen molar-refractivity contribution in [3.05, 3.63) is 69.9 Å². The van der Waals surface area contributed by atoms with Crippen LogP contribution >= 0.6 is 0 Å². The minimum absolute atomic E-state index is 0.0300. The fourth-order valence-electron chi connectivity index (χ4n) is 2.55. The molecule has 0 amide bonds. The zero-order valence-electron chi connectivity index (χ0n) is 14.7. The first-order chi connectivity index (χ1) is 13.0. The van der Waals surface area contributed by atoms with Gasteiger partial charge in [0.25, 0.3) is 0 Å². The Morgan fingerprint density at radius 3 is 2.67 bits per heavy atom. The maximum Gasteiger partial charge on any atom is 0.335 e. The number of aryl methyl sites for hydroxylation is 1. The molecule has 0 aliphatic rings. The highest BCUT2D eigenvalue weighted by Gasteiger charge is 2.26. The van der Waals surface area contributed by atoms with Gasteiger partial charge in [-0.3, -0.25) is 15.5 Å². The Labute approximate surface area is 154 Å². The van der Waals surface area contributed by atoms with Gasteiger partial charge in [0.1, 0.15) is 5.69 Å². The molecule has 1 aromatic heterocycles. The lowest BCUT2D eigenvalue weighted by atomic mass is 10.2. The van der Waals surface area contributed by atoms with Crippen LogP contribution in [0.4, 0.5) is 11.5 Å². The van der Waals surface area contributed by atoms with Crippen LogP contribution in [0, 0.1) is 17.0 Å². The number of ether oxygens (including phenoxy) is 1. The minimum Gasteiger partial charge on any atom is -0.504 e. The van der Waals surface area contributed by atoms with Gasteiger partial charge < -0.3 is 9.84 Å². The number of para-hydroxylation sites is 1. The second-order valence-electron chi connectivity index (χ2n) is 5.59. The van der Waals surface area contributed by atoms with E-state index in [0.29, 0.717) is 17.0 Å². The zero-order valence-corrected chi connectivity index (χ0v) is 14.7. The number of nitrogens with one attached hydrogen (secondary N) is 1. The summed E-state index contributed by atoms with van der Waals surface area (Å²) in [5, 5.41) is 29.6. The molecule has 0 saturated heterocycles. The van der Waals surface area contributed by atoms with Crippen LogP contribution in [0.3, 0.4) is 0 Å². The van der Waals surface area contributed by atoms with Gasteiger partial charge in [0.05, 0.1) is 23.9 Å². The summed E-state index contributed by atoms with van der Waals surface area (Å²) in [6.07, 6.45) is 1.43. The first-order valence-corrected chi connectivity index (χ1v) is 7.96. The molecule has 0 spiro atoms. The summed E-state index contributed by atoms with van der Waals surface area (Å²) < 4.78 is 6.41. The van der Waals surface area contributed by atoms with Gasteiger partial charge in [0.15, 0.2) is 11.5 Å². The average molecular weight is 367 g/mol. The summed E-state index contributed by atoms with van der Waals surface area (Å²) in [5.41, 5.74) is 4.05. The number of benzene rings is 2. The molecule has 2 aromatic carbocycles. The van der Waals surface area contributed by atoms with Crippen LogP contribution in [0.2, 0.25) is 0 Å². The topological polar surface area (TPSA) is 115 Å². The number of methoxy groups -OCH3 is 1. The quantitative estimate of drug-likeness (QED) is 0.393. The van der Waals surface area contributed by atoms with E-state index in [1.54, 1.807) is 31.2 Å². The molecular weight excluding hydrogens is 350 g/mol. The van der Waals surface area contributed by atoms with Crippen molar-refractivity contribution < 1.29 is 14.8 Å². The zero-order chi connectivity index (χ0) is 19.4. The van der Waals surface area contributed by atoms with Crippen LogP contribution in [0.1, 0.15) is 11.3 Å². The van der Waals surface area contributed by atoms with Crippen molar-refractivity contribution >= 4 is 17.7 Å². The average Bonchev–Trinajstić information content (AvgIpc) is 2.99. The van der Waals surface area contributed by atoms with Crippen molar-refractivity contribution in [3.8, 4) is 17.2 Å². The molecule has 0 radical (unpaired) electrons. The van der Waals surface area contributed by atoms with Gasteiger partial charge in [-0.2, -0.15) is 10.2 Å². The Morgan fingerprint density at radius 2 is 2.04 bits per heavy atom. The summed E-state index contributed by atoms with van der Waals surface area (Å²) >= 11 is 0. The highest BCUT2D eigenvalue weighted by Crippen LogP contribution is 2.31. The third-order valence-electron chi connectivity index (χ3n) is 3.80. The summed E-state index contributed by atoms with van der Waals surface area (Å²) in [6.45, 7) is 1.56. The number of phenols is 1. The number of hydrogen-bond donors (Lipinski definition) is 2. The van der Waals surface area contributed by atoms with Crippen LogP contribution in [-0.2, 0) is 0 Å². The second kappa shape index (κ2) is 7.56. The van der Waals surface area contributed by atoms with E-state index in [9.17, 15) is 15.2 Å². The predicted molar refractivity (Wildman–Crippen MR) is 101 cm³/mol. The Bertz CT molecular complexity index is 998. The fourth-order valence-corrected chi connectivity index (χ4v) is 2.55. The summed E-state index contributed by atoms with van der Waals surface area (Å²) in [4.78, 5) is 10.9. The second-order valence-corrected chi connectivity index (χ2v) is 5.59.